The van der Waals surface area contributed by atoms with Gasteiger partial charge >= 0.3 is 9.53 Å². The molecule has 1 aliphatic rings. The lowest BCUT2D eigenvalue weighted by Crippen LogP contribution is -2.41. The lowest BCUT2D eigenvalue weighted by Gasteiger charge is -2.25. The van der Waals surface area contributed by atoms with Gasteiger partial charge in [0.25, 0.3) is 0 Å². The lowest BCUT2D eigenvalue weighted by atomic mass is 10.0. The Hall–Kier alpha value is -0.403. The van der Waals surface area contributed by atoms with Crippen molar-refractivity contribution in [2.24, 2.45) is 11.7 Å². The summed E-state index contributed by atoms with van der Waals surface area (Å²) in [4.78, 5) is 0. The third-order valence-corrected chi connectivity index (χ3v) is 3.37. The first-order valence-electron chi connectivity index (χ1n) is 5.81. The van der Waals surface area contributed by atoms with Gasteiger partial charge in [-0.05, 0) is 32.1 Å². The van der Waals surface area contributed by atoms with Crippen LogP contribution >= 0.6 is 0 Å². The fourth-order valence-corrected chi connectivity index (χ4v) is 1.50. The molecule has 0 aliphatic carbocycles. The highest BCUT2D eigenvalue weighted by molar-refractivity contribution is 6.36. The van der Waals surface area contributed by atoms with Gasteiger partial charge in [0.2, 0.25) is 0 Å². The first kappa shape index (κ1) is 18.9. The third kappa shape index (κ3) is 13.5. The molecule has 1 heterocycles. The van der Waals surface area contributed by atoms with E-state index in [0.29, 0.717) is 0 Å². The standard InChI is InChI=1S/C5H11N.C3H7N.C3H10O3Si/c1-2-5-3-6-4-5;1-2-3-4;1-4-7(5-2)6-3/h5-6H,2-4H2,1H3;2-3H,4H2,1H3;7H,1-3H3. The van der Waals surface area contributed by atoms with Crippen molar-refractivity contribution in [2.75, 3.05) is 34.4 Å². The van der Waals surface area contributed by atoms with Crippen LogP contribution in [0.3, 0.4) is 0 Å². The molecule has 3 N–H and O–H groups in total. The number of allylic oxidation sites excluding steroid dienone is 1. The molecule has 1 saturated heterocycles. The molecule has 0 spiro atoms. The summed E-state index contributed by atoms with van der Waals surface area (Å²) < 4.78 is 14.2. The molecule has 0 aromatic rings. The molecule has 104 valence electrons. The normalized spacial score (nSPS) is 14.7. The largest absolute Gasteiger partial charge is 0.483 e. The van der Waals surface area contributed by atoms with E-state index in [-0.39, 0.29) is 0 Å². The second-order valence-corrected chi connectivity index (χ2v) is 5.45. The molecule has 0 aromatic carbocycles. The van der Waals surface area contributed by atoms with E-state index in [9.17, 15) is 0 Å². The molecule has 0 radical (unpaired) electrons. The van der Waals surface area contributed by atoms with Crippen molar-refractivity contribution in [1.82, 2.24) is 5.32 Å². The van der Waals surface area contributed by atoms with Crippen molar-refractivity contribution in [3.05, 3.63) is 12.3 Å². The molecule has 17 heavy (non-hydrogen) atoms. The first-order valence-corrected chi connectivity index (χ1v) is 7.23. The maximum atomic E-state index is 4.85. The van der Waals surface area contributed by atoms with E-state index >= 15 is 0 Å². The molecule has 0 bridgehead atoms. The molecule has 1 aliphatic heterocycles. The van der Waals surface area contributed by atoms with Crippen LogP contribution in [-0.2, 0) is 13.3 Å². The molecule has 0 unspecified atom stereocenters. The van der Waals surface area contributed by atoms with Gasteiger partial charge in [-0.3, -0.25) is 0 Å². The number of hydrogen-bond acceptors (Lipinski definition) is 5. The van der Waals surface area contributed by atoms with Crippen LogP contribution in [0.2, 0.25) is 0 Å². The van der Waals surface area contributed by atoms with Gasteiger partial charge in [0.1, 0.15) is 0 Å². The molecule has 6 heteroatoms. The van der Waals surface area contributed by atoms with Gasteiger partial charge in [0.15, 0.2) is 0 Å². The molecule has 0 saturated carbocycles. The summed E-state index contributed by atoms with van der Waals surface area (Å²) in [7, 11) is 3.05. The summed E-state index contributed by atoms with van der Waals surface area (Å²) in [5.41, 5.74) is 4.85. The van der Waals surface area contributed by atoms with E-state index in [4.69, 9.17) is 19.0 Å². The van der Waals surface area contributed by atoms with Crippen molar-refractivity contribution < 1.29 is 13.3 Å². The Morgan fingerprint density at radius 3 is 1.65 bits per heavy atom. The van der Waals surface area contributed by atoms with Gasteiger partial charge in [-0.1, -0.05) is 19.4 Å². The first-order chi connectivity index (χ1) is 8.19. The Morgan fingerprint density at radius 2 is 1.65 bits per heavy atom. The number of rotatable bonds is 4. The number of hydrogen-bond donors (Lipinski definition) is 2. The minimum Gasteiger partial charge on any atom is -0.405 e. The van der Waals surface area contributed by atoms with E-state index in [1.807, 2.05) is 6.92 Å². The van der Waals surface area contributed by atoms with Crippen LogP contribution in [0.1, 0.15) is 20.3 Å². The summed E-state index contributed by atoms with van der Waals surface area (Å²) >= 11 is 0. The fourth-order valence-electron chi connectivity index (χ4n) is 0.926. The Balaban J connectivity index is 0. The number of nitrogens with one attached hydrogen (secondary N) is 1. The minimum atomic E-state index is -1.67. The Morgan fingerprint density at radius 1 is 1.24 bits per heavy atom. The van der Waals surface area contributed by atoms with Crippen LogP contribution in [0.4, 0.5) is 0 Å². The highest BCUT2D eigenvalue weighted by atomic mass is 28.3. The lowest BCUT2D eigenvalue weighted by molar-refractivity contribution is 0.163. The second-order valence-electron chi connectivity index (χ2n) is 3.45. The van der Waals surface area contributed by atoms with Crippen molar-refractivity contribution in [3.8, 4) is 0 Å². The van der Waals surface area contributed by atoms with Crippen LogP contribution in [0.15, 0.2) is 12.3 Å². The zero-order chi connectivity index (χ0) is 13.5. The Bertz CT molecular complexity index is 151. The van der Waals surface area contributed by atoms with E-state index in [0.717, 1.165) is 5.92 Å². The zero-order valence-electron chi connectivity index (χ0n) is 11.7. The second kappa shape index (κ2) is 15.6. The summed E-state index contributed by atoms with van der Waals surface area (Å²) in [5, 5.41) is 3.21. The average molecular weight is 264 g/mol. The third-order valence-electron chi connectivity index (χ3n) is 2.21. The van der Waals surface area contributed by atoms with Crippen LogP contribution in [0, 0.1) is 5.92 Å². The molecule has 1 fully saturated rings. The van der Waals surface area contributed by atoms with E-state index in [2.05, 4.69) is 12.2 Å². The maximum Gasteiger partial charge on any atom is 0.483 e. The van der Waals surface area contributed by atoms with E-state index < -0.39 is 9.53 Å². The molecule has 5 nitrogen and oxygen atoms in total. The van der Waals surface area contributed by atoms with Gasteiger partial charge in [-0.2, -0.15) is 0 Å². The predicted octanol–water partition coefficient (Wildman–Crippen LogP) is 0.737. The van der Waals surface area contributed by atoms with Gasteiger partial charge in [0.05, 0.1) is 0 Å². The van der Waals surface area contributed by atoms with Crippen molar-refractivity contribution in [2.45, 2.75) is 20.3 Å². The van der Waals surface area contributed by atoms with Crippen LogP contribution < -0.4 is 11.1 Å². The quantitative estimate of drug-likeness (QED) is 0.733. The molecular formula is C11H28N2O3Si. The summed E-state index contributed by atoms with van der Waals surface area (Å²) in [5.74, 6) is 1.00. The predicted molar refractivity (Wildman–Crippen MR) is 73.8 cm³/mol. The van der Waals surface area contributed by atoms with E-state index in [1.54, 1.807) is 27.4 Å². The van der Waals surface area contributed by atoms with Crippen LogP contribution in [-0.4, -0.2) is 43.9 Å². The highest BCUT2D eigenvalue weighted by Crippen LogP contribution is 2.05. The maximum absolute atomic E-state index is 4.85. The topological polar surface area (TPSA) is 65.7 Å². The summed E-state index contributed by atoms with van der Waals surface area (Å²) in [6.45, 7) is 6.64. The minimum absolute atomic E-state index is 1.00. The van der Waals surface area contributed by atoms with Crippen LogP contribution in [0.5, 0.6) is 0 Å². The molecule has 0 amide bonds. The van der Waals surface area contributed by atoms with Gasteiger partial charge in [-0.25, -0.2) is 0 Å². The monoisotopic (exact) mass is 264 g/mol. The zero-order valence-corrected chi connectivity index (χ0v) is 12.9. The Kier molecular flexibility index (Phi) is 17.4. The molecule has 1 rings (SSSR count). The smallest absolute Gasteiger partial charge is 0.405 e. The summed E-state index contributed by atoms with van der Waals surface area (Å²) in [6, 6.07) is 0. The molecule has 0 aromatic heterocycles. The van der Waals surface area contributed by atoms with Crippen molar-refractivity contribution >= 4 is 9.53 Å². The van der Waals surface area contributed by atoms with Crippen LogP contribution in [0.25, 0.3) is 0 Å². The Labute approximate surface area is 107 Å². The molecular weight excluding hydrogens is 236 g/mol. The van der Waals surface area contributed by atoms with Crippen molar-refractivity contribution in [3.63, 3.8) is 0 Å². The SMILES string of the molecule is CC=CN.CCC1CNC1.CO[SiH](OC)OC. The van der Waals surface area contributed by atoms with E-state index in [1.165, 1.54) is 25.7 Å². The number of nitrogens with two attached hydrogens (primary N) is 1. The summed E-state index contributed by atoms with van der Waals surface area (Å²) in [6.07, 6.45) is 4.63. The van der Waals surface area contributed by atoms with Gasteiger partial charge < -0.3 is 24.3 Å². The fraction of sp³-hybridized carbons (Fsp3) is 0.818. The van der Waals surface area contributed by atoms with Gasteiger partial charge in [-0.15, -0.1) is 0 Å². The van der Waals surface area contributed by atoms with Gasteiger partial charge in [0, 0.05) is 21.3 Å². The highest BCUT2D eigenvalue weighted by Gasteiger charge is 2.12. The average Bonchev–Trinajstić information content (AvgIpc) is 2.31. The molecule has 0 atom stereocenters. The van der Waals surface area contributed by atoms with Crippen molar-refractivity contribution in [1.29, 1.82) is 0 Å².